The van der Waals surface area contributed by atoms with Crippen LogP contribution in [0, 0.1) is 0 Å². The van der Waals surface area contributed by atoms with Gasteiger partial charge in [0, 0.05) is 13.1 Å². The van der Waals surface area contributed by atoms with E-state index in [4.69, 9.17) is 0 Å². The van der Waals surface area contributed by atoms with E-state index in [2.05, 4.69) is 39.0 Å². The second-order valence-corrected chi connectivity index (χ2v) is 4.43. The lowest BCUT2D eigenvalue weighted by Gasteiger charge is -2.00. The van der Waals surface area contributed by atoms with Crippen molar-refractivity contribution < 1.29 is 0 Å². The van der Waals surface area contributed by atoms with Gasteiger partial charge in [0.05, 0.1) is 0 Å². The lowest BCUT2D eigenvalue weighted by molar-refractivity contribution is 0.696. The summed E-state index contributed by atoms with van der Waals surface area (Å²) in [6.07, 6.45) is 0. The smallest absolute Gasteiger partial charge is 0.0216 e. The molecule has 3 heteroatoms. The van der Waals surface area contributed by atoms with E-state index in [9.17, 15) is 0 Å². The van der Waals surface area contributed by atoms with Crippen LogP contribution in [0.5, 0.6) is 0 Å². The number of hydrogen-bond donors (Lipinski definition) is 1. The molecule has 0 atom stereocenters. The molecule has 0 saturated heterocycles. The number of hydrogen-bond acceptors (Lipinski definition) is 3. The first-order chi connectivity index (χ1) is 6.45. The second-order valence-electron chi connectivity index (χ2n) is 2.87. The molecule has 1 N–H and O–H groups in total. The van der Waals surface area contributed by atoms with Crippen LogP contribution in [0.15, 0.2) is 33.7 Å². The maximum absolute atomic E-state index is 3.40. The Balaban J connectivity index is 1.76. The normalized spacial score (nSPS) is 10.5. The topological polar surface area (TPSA) is 12.0 Å². The monoisotopic (exact) mass is 209 g/mol. The quantitative estimate of drug-likeness (QED) is 0.816. The van der Waals surface area contributed by atoms with E-state index in [1.807, 2.05) is 0 Å². The van der Waals surface area contributed by atoms with E-state index >= 15 is 0 Å². The Hall–Kier alpha value is -0.640. The van der Waals surface area contributed by atoms with Crippen molar-refractivity contribution in [3.8, 4) is 0 Å². The van der Waals surface area contributed by atoms with E-state index in [1.165, 1.54) is 11.1 Å². The van der Waals surface area contributed by atoms with Gasteiger partial charge in [0.1, 0.15) is 0 Å². The molecule has 2 aromatic rings. The molecule has 68 valence electrons. The molecule has 0 aliphatic rings. The molecule has 0 aliphatic carbocycles. The second kappa shape index (κ2) is 4.56. The van der Waals surface area contributed by atoms with Crippen LogP contribution >= 0.6 is 22.7 Å². The summed E-state index contributed by atoms with van der Waals surface area (Å²) < 4.78 is 0. The van der Waals surface area contributed by atoms with Gasteiger partial charge in [-0.25, -0.2) is 0 Å². The molecule has 0 saturated carbocycles. The van der Waals surface area contributed by atoms with Crippen LogP contribution in [-0.2, 0) is 13.1 Å². The van der Waals surface area contributed by atoms with Crippen molar-refractivity contribution in [3.05, 3.63) is 44.8 Å². The van der Waals surface area contributed by atoms with Crippen molar-refractivity contribution in [2.24, 2.45) is 0 Å². The van der Waals surface area contributed by atoms with Gasteiger partial charge in [0.15, 0.2) is 0 Å². The summed E-state index contributed by atoms with van der Waals surface area (Å²) in [6.45, 7) is 1.94. The molecule has 0 aromatic carbocycles. The largest absolute Gasteiger partial charge is 0.309 e. The van der Waals surface area contributed by atoms with Crippen LogP contribution in [0.25, 0.3) is 0 Å². The van der Waals surface area contributed by atoms with Crippen molar-refractivity contribution >= 4 is 22.7 Å². The van der Waals surface area contributed by atoms with Crippen LogP contribution in [0.2, 0.25) is 0 Å². The molecule has 2 aromatic heterocycles. The molecule has 2 rings (SSSR count). The Bertz CT molecular complexity index is 289. The third kappa shape index (κ3) is 2.66. The van der Waals surface area contributed by atoms with Crippen LogP contribution in [0.4, 0.5) is 0 Å². The first-order valence-electron chi connectivity index (χ1n) is 4.18. The van der Waals surface area contributed by atoms with Gasteiger partial charge >= 0.3 is 0 Å². The molecule has 0 radical (unpaired) electrons. The molecule has 0 bridgehead atoms. The third-order valence-corrected chi connectivity index (χ3v) is 3.28. The SMILES string of the molecule is c1cc(CNCc2ccsc2)cs1. The number of nitrogens with one attached hydrogen (secondary N) is 1. The Labute approximate surface area is 86.0 Å². The summed E-state index contributed by atoms with van der Waals surface area (Å²) in [7, 11) is 0. The minimum absolute atomic E-state index is 0.972. The summed E-state index contributed by atoms with van der Waals surface area (Å²) in [4.78, 5) is 0. The third-order valence-electron chi connectivity index (χ3n) is 1.82. The van der Waals surface area contributed by atoms with Crippen molar-refractivity contribution in [1.29, 1.82) is 0 Å². The van der Waals surface area contributed by atoms with Crippen molar-refractivity contribution in [2.45, 2.75) is 13.1 Å². The molecule has 2 heterocycles. The first-order valence-corrected chi connectivity index (χ1v) is 6.06. The van der Waals surface area contributed by atoms with E-state index in [1.54, 1.807) is 22.7 Å². The van der Waals surface area contributed by atoms with Crippen molar-refractivity contribution in [3.63, 3.8) is 0 Å². The van der Waals surface area contributed by atoms with Crippen molar-refractivity contribution in [1.82, 2.24) is 5.32 Å². The summed E-state index contributed by atoms with van der Waals surface area (Å²) >= 11 is 3.50. The lowest BCUT2D eigenvalue weighted by Crippen LogP contribution is -2.11. The maximum Gasteiger partial charge on any atom is 0.0216 e. The predicted molar refractivity (Wildman–Crippen MR) is 59.2 cm³/mol. The molecule has 1 nitrogen and oxygen atoms in total. The minimum atomic E-state index is 0.972. The highest BCUT2D eigenvalue weighted by Gasteiger charge is 1.93. The fourth-order valence-electron chi connectivity index (χ4n) is 1.14. The lowest BCUT2D eigenvalue weighted by atomic mass is 10.3. The van der Waals surface area contributed by atoms with Gasteiger partial charge in [-0.2, -0.15) is 22.7 Å². The molecule has 0 amide bonds. The van der Waals surface area contributed by atoms with E-state index in [-0.39, 0.29) is 0 Å². The average Bonchev–Trinajstić information content (AvgIpc) is 2.75. The summed E-state index contributed by atoms with van der Waals surface area (Å²) in [5.41, 5.74) is 2.75. The van der Waals surface area contributed by atoms with Gasteiger partial charge in [-0.15, -0.1) is 0 Å². The van der Waals surface area contributed by atoms with Gasteiger partial charge < -0.3 is 5.32 Å². The molecule has 0 spiro atoms. The van der Waals surface area contributed by atoms with Crippen LogP contribution < -0.4 is 5.32 Å². The minimum Gasteiger partial charge on any atom is -0.309 e. The molecular formula is C10H11NS2. The van der Waals surface area contributed by atoms with Crippen LogP contribution in [0.3, 0.4) is 0 Å². The van der Waals surface area contributed by atoms with Crippen LogP contribution in [0.1, 0.15) is 11.1 Å². The maximum atomic E-state index is 3.40. The average molecular weight is 209 g/mol. The zero-order valence-electron chi connectivity index (χ0n) is 7.19. The van der Waals surface area contributed by atoms with E-state index < -0.39 is 0 Å². The zero-order chi connectivity index (χ0) is 8.93. The van der Waals surface area contributed by atoms with Gasteiger partial charge in [0.25, 0.3) is 0 Å². The van der Waals surface area contributed by atoms with Gasteiger partial charge in [-0.05, 0) is 44.8 Å². The summed E-state index contributed by atoms with van der Waals surface area (Å²) in [5, 5.41) is 12.0. The summed E-state index contributed by atoms with van der Waals surface area (Å²) in [6, 6.07) is 4.32. The highest BCUT2D eigenvalue weighted by molar-refractivity contribution is 7.08. The Morgan fingerprint density at radius 3 is 1.85 bits per heavy atom. The Morgan fingerprint density at radius 2 is 1.46 bits per heavy atom. The molecule has 0 unspecified atom stereocenters. The fraction of sp³-hybridized carbons (Fsp3) is 0.200. The highest BCUT2D eigenvalue weighted by Crippen LogP contribution is 2.07. The van der Waals surface area contributed by atoms with Crippen molar-refractivity contribution in [2.75, 3.05) is 0 Å². The van der Waals surface area contributed by atoms with Gasteiger partial charge in [-0.1, -0.05) is 0 Å². The summed E-state index contributed by atoms with van der Waals surface area (Å²) in [5.74, 6) is 0. The van der Waals surface area contributed by atoms with Gasteiger partial charge in [0.2, 0.25) is 0 Å². The van der Waals surface area contributed by atoms with E-state index in [0.717, 1.165) is 13.1 Å². The highest BCUT2D eigenvalue weighted by atomic mass is 32.1. The van der Waals surface area contributed by atoms with E-state index in [0.29, 0.717) is 0 Å². The molecule has 0 fully saturated rings. The van der Waals surface area contributed by atoms with Crippen LogP contribution in [-0.4, -0.2) is 0 Å². The fourth-order valence-corrected chi connectivity index (χ4v) is 2.47. The first kappa shape index (κ1) is 8.94. The zero-order valence-corrected chi connectivity index (χ0v) is 8.83. The Kier molecular flexibility index (Phi) is 3.13. The van der Waals surface area contributed by atoms with Gasteiger partial charge in [-0.3, -0.25) is 0 Å². The Morgan fingerprint density at radius 1 is 0.923 bits per heavy atom. The molecule has 13 heavy (non-hydrogen) atoms. The number of thiophene rings is 2. The predicted octanol–water partition coefficient (Wildman–Crippen LogP) is 3.10. The molecular weight excluding hydrogens is 198 g/mol. The molecule has 0 aliphatic heterocycles. The number of rotatable bonds is 4. The standard InChI is InChI=1S/C10H11NS2/c1-3-12-7-9(1)5-11-6-10-2-4-13-8-10/h1-4,7-8,11H,5-6H2.